The minimum Gasteiger partial charge on any atom is -0.481 e. The summed E-state index contributed by atoms with van der Waals surface area (Å²) in [6, 6.07) is 3.83. The number of carboxylic acids is 1. The number of aliphatic carboxylic acids is 1. The van der Waals surface area contributed by atoms with Crippen LogP contribution in [0.5, 0.6) is 0 Å². The van der Waals surface area contributed by atoms with E-state index >= 15 is 0 Å². The van der Waals surface area contributed by atoms with Gasteiger partial charge in [-0.3, -0.25) is 9.59 Å². The zero-order valence-corrected chi connectivity index (χ0v) is 14.6. The molecule has 128 valence electrons. The molecule has 0 aromatic carbocycles. The number of hydrogen-bond acceptors (Lipinski definition) is 4. The molecule has 0 saturated heterocycles. The summed E-state index contributed by atoms with van der Waals surface area (Å²) < 4.78 is 1.93. The average Bonchev–Trinajstić information content (AvgIpc) is 3.16. The molecule has 0 radical (unpaired) electrons. The molecule has 0 fully saturated rings. The van der Waals surface area contributed by atoms with E-state index in [1.807, 2.05) is 22.1 Å². The maximum atomic E-state index is 12.5. The number of amides is 1. The Bertz CT molecular complexity index is 736. The highest BCUT2D eigenvalue weighted by molar-refractivity contribution is 7.10. The van der Waals surface area contributed by atoms with Crippen LogP contribution >= 0.6 is 11.3 Å². The predicted molar refractivity (Wildman–Crippen MR) is 90.9 cm³/mol. The van der Waals surface area contributed by atoms with Gasteiger partial charge in [0.25, 0.3) is 0 Å². The van der Waals surface area contributed by atoms with E-state index in [1.165, 1.54) is 11.3 Å². The van der Waals surface area contributed by atoms with Gasteiger partial charge in [-0.1, -0.05) is 19.9 Å². The highest BCUT2D eigenvalue weighted by Crippen LogP contribution is 2.29. The fourth-order valence-corrected chi connectivity index (χ4v) is 3.80. The van der Waals surface area contributed by atoms with Crippen molar-refractivity contribution in [1.82, 2.24) is 14.5 Å². The highest BCUT2D eigenvalue weighted by atomic mass is 32.1. The fourth-order valence-electron chi connectivity index (χ4n) is 3.11. The summed E-state index contributed by atoms with van der Waals surface area (Å²) in [5.74, 6) is -1.28. The summed E-state index contributed by atoms with van der Waals surface area (Å²) in [5.41, 5.74) is 1.45. The van der Waals surface area contributed by atoms with Crippen molar-refractivity contribution in [3.8, 4) is 0 Å². The topological polar surface area (TPSA) is 75.4 Å². The number of aromatic nitrogens is 2. The molecular formula is C17H21N3O3S. The zero-order chi connectivity index (χ0) is 17.3. The second kappa shape index (κ2) is 6.76. The number of fused-ring (bicyclic) bond motifs is 1. The van der Waals surface area contributed by atoms with Crippen molar-refractivity contribution in [3.63, 3.8) is 0 Å². The van der Waals surface area contributed by atoms with Crippen LogP contribution < -0.4 is 0 Å². The molecule has 0 saturated carbocycles. The Hall–Kier alpha value is -2.15. The van der Waals surface area contributed by atoms with Crippen molar-refractivity contribution in [2.45, 2.75) is 39.3 Å². The van der Waals surface area contributed by atoms with E-state index in [9.17, 15) is 14.7 Å². The van der Waals surface area contributed by atoms with Crippen LogP contribution in [-0.2, 0) is 29.1 Å². The van der Waals surface area contributed by atoms with Crippen LogP contribution in [0.2, 0.25) is 0 Å². The Morgan fingerprint density at radius 2 is 2.25 bits per heavy atom. The number of nitrogens with zero attached hydrogens (tertiary/aromatic N) is 3. The Morgan fingerprint density at radius 3 is 2.88 bits per heavy atom. The zero-order valence-electron chi connectivity index (χ0n) is 13.8. The first kappa shape index (κ1) is 16.7. The molecule has 0 bridgehead atoms. The maximum Gasteiger partial charge on any atom is 0.314 e. The Labute approximate surface area is 144 Å². The molecule has 3 rings (SSSR count). The van der Waals surface area contributed by atoms with Gasteiger partial charge in [0, 0.05) is 18.0 Å². The van der Waals surface area contributed by atoms with Gasteiger partial charge in [0.1, 0.15) is 5.92 Å². The van der Waals surface area contributed by atoms with E-state index in [2.05, 4.69) is 18.8 Å². The van der Waals surface area contributed by atoms with E-state index < -0.39 is 11.9 Å². The molecule has 0 aliphatic carbocycles. The Morgan fingerprint density at radius 1 is 1.46 bits per heavy atom. The van der Waals surface area contributed by atoms with Crippen molar-refractivity contribution in [2.75, 3.05) is 6.54 Å². The lowest BCUT2D eigenvalue weighted by Gasteiger charge is -2.31. The summed E-state index contributed by atoms with van der Waals surface area (Å²) in [7, 11) is 0. The van der Waals surface area contributed by atoms with Crippen LogP contribution in [0.4, 0.5) is 0 Å². The van der Waals surface area contributed by atoms with Crippen molar-refractivity contribution < 1.29 is 14.7 Å². The molecule has 1 amide bonds. The van der Waals surface area contributed by atoms with Gasteiger partial charge in [-0.05, 0) is 17.4 Å². The molecule has 6 nitrogen and oxygen atoms in total. The highest BCUT2D eigenvalue weighted by Gasteiger charge is 2.36. The van der Waals surface area contributed by atoms with E-state index in [-0.39, 0.29) is 12.5 Å². The molecule has 1 N–H and O–H groups in total. The molecule has 1 aliphatic rings. The van der Waals surface area contributed by atoms with Crippen LogP contribution in [-0.4, -0.2) is 38.0 Å². The minimum absolute atomic E-state index is 0.0484. The number of thiophene rings is 1. The van der Waals surface area contributed by atoms with Gasteiger partial charge >= 0.3 is 5.97 Å². The molecule has 0 spiro atoms. The number of hydrogen-bond donors (Lipinski definition) is 1. The number of imidazole rings is 1. The number of carbonyl (C=O) groups excluding carboxylic acids is 1. The van der Waals surface area contributed by atoms with Gasteiger partial charge in [-0.15, -0.1) is 11.3 Å². The fraction of sp³-hybridized carbons (Fsp3) is 0.471. The molecule has 24 heavy (non-hydrogen) atoms. The summed E-state index contributed by atoms with van der Waals surface area (Å²) >= 11 is 1.54. The lowest BCUT2D eigenvalue weighted by Crippen LogP contribution is -2.42. The van der Waals surface area contributed by atoms with Crippen LogP contribution in [0.3, 0.4) is 0 Å². The average molecular weight is 347 g/mol. The summed E-state index contributed by atoms with van der Waals surface area (Å²) in [5, 5.41) is 11.6. The first-order valence-electron chi connectivity index (χ1n) is 8.02. The molecule has 1 atom stereocenters. The largest absolute Gasteiger partial charge is 0.481 e. The second-order valence-electron chi connectivity index (χ2n) is 6.54. The third-order valence-electron chi connectivity index (χ3n) is 4.15. The quantitative estimate of drug-likeness (QED) is 0.901. The smallest absolute Gasteiger partial charge is 0.314 e. The molecular weight excluding hydrogens is 326 g/mol. The van der Waals surface area contributed by atoms with E-state index in [0.717, 1.165) is 17.1 Å². The first-order chi connectivity index (χ1) is 11.5. The van der Waals surface area contributed by atoms with Gasteiger partial charge in [0.15, 0.2) is 0 Å². The molecule has 3 heterocycles. The van der Waals surface area contributed by atoms with E-state index in [0.29, 0.717) is 24.6 Å². The van der Waals surface area contributed by atoms with Gasteiger partial charge in [-0.25, -0.2) is 4.98 Å². The minimum atomic E-state index is -0.907. The Balaban J connectivity index is 1.84. The molecule has 2 aromatic rings. The van der Waals surface area contributed by atoms with Crippen LogP contribution in [0.1, 0.15) is 36.0 Å². The van der Waals surface area contributed by atoms with Gasteiger partial charge in [-0.2, -0.15) is 0 Å². The van der Waals surface area contributed by atoms with Crippen molar-refractivity contribution >= 4 is 23.2 Å². The summed E-state index contributed by atoms with van der Waals surface area (Å²) in [6.07, 6.45) is 2.01. The van der Waals surface area contributed by atoms with Crippen LogP contribution in [0.25, 0.3) is 0 Å². The predicted octanol–water partition coefficient (Wildman–Crippen LogP) is 2.35. The third kappa shape index (κ3) is 3.36. The normalized spacial score (nSPS) is 17.1. The van der Waals surface area contributed by atoms with E-state index in [4.69, 9.17) is 0 Å². The Kier molecular flexibility index (Phi) is 4.71. The summed E-state index contributed by atoms with van der Waals surface area (Å²) in [4.78, 5) is 31.3. The number of carbonyl (C=O) groups is 2. The van der Waals surface area contributed by atoms with Crippen molar-refractivity contribution in [3.05, 3.63) is 40.1 Å². The first-order valence-corrected chi connectivity index (χ1v) is 8.90. The number of rotatable bonds is 5. The molecule has 7 heteroatoms. The monoisotopic (exact) mass is 347 g/mol. The van der Waals surface area contributed by atoms with Gasteiger partial charge in [0.05, 0.1) is 30.7 Å². The van der Waals surface area contributed by atoms with Crippen molar-refractivity contribution in [2.24, 2.45) is 5.92 Å². The summed E-state index contributed by atoms with van der Waals surface area (Å²) in [6.45, 7) is 5.49. The lowest BCUT2D eigenvalue weighted by molar-refractivity contribution is -0.141. The standard InChI is InChI=1S/C17H21N3O3S/c1-11(2)7-20-10-18-14-9-19(8-13(16(14)20)17(22)23)15(21)6-12-4-3-5-24-12/h3-5,10-11,13H,6-9H2,1-2H3,(H,22,23). The molecule has 1 unspecified atom stereocenters. The molecule has 2 aromatic heterocycles. The SMILES string of the molecule is CC(C)Cn1cnc2c1C(C(=O)O)CN(C(=O)Cc1cccs1)C2. The van der Waals surface area contributed by atoms with Crippen molar-refractivity contribution in [1.29, 1.82) is 0 Å². The van der Waals surface area contributed by atoms with Gasteiger partial charge < -0.3 is 14.6 Å². The maximum absolute atomic E-state index is 12.5. The molecule has 1 aliphatic heterocycles. The van der Waals surface area contributed by atoms with Crippen LogP contribution in [0, 0.1) is 5.92 Å². The van der Waals surface area contributed by atoms with Crippen LogP contribution in [0.15, 0.2) is 23.8 Å². The third-order valence-corrected chi connectivity index (χ3v) is 5.03. The van der Waals surface area contributed by atoms with Gasteiger partial charge in [0.2, 0.25) is 5.91 Å². The lowest BCUT2D eigenvalue weighted by atomic mass is 9.97. The van der Waals surface area contributed by atoms with E-state index in [1.54, 1.807) is 11.2 Å². The second-order valence-corrected chi connectivity index (χ2v) is 7.58. The number of carboxylic acid groups (broad SMARTS) is 1.